The van der Waals surface area contributed by atoms with E-state index in [-0.39, 0.29) is 41.9 Å². The summed E-state index contributed by atoms with van der Waals surface area (Å²) in [6, 6.07) is 20.6. The molecular weight excluding hydrogens is 556 g/mol. The van der Waals surface area contributed by atoms with Crippen LogP contribution in [0.3, 0.4) is 0 Å². The number of carbonyl (C=O) groups is 1. The Bertz CT molecular complexity index is 1330. The van der Waals surface area contributed by atoms with Gasteiger partial charge in [0.05, 0.1) is 23.1 Å². The molecule has 2 atom stereocenters. The van der Waals surface area contributed by atoms with E-state index in [1.807, 2.05) is 54.7 Å². The number of fused-ring (bicyclic) bond motifs is 1. The fourth-order valence-corrected chi connectivity index (χ4v) is 4.67. The van der Waals surface area contributed by atoms with Gasteiger partial charge in [0.2, 0.25) is 0 Å². The highest BCUT2D eigenvalue weighted by atomic mass is 32.2. The van der Waals surface area contributed by atoms with Crippen LogP contribution in [-0.2, 0) is 10.5 Å². The standard InChI is InChI=1S/C22H27N3O5S.C5H5NS.2H2O/c1-29-22(28)19(31-13-14-5-3-2-4-6-14)12-24-21(27)18-10-15-9-16(30-8-7-26)11-17(23)20(15)25-18;7-5-3-1-2-4-6-5;;/h2-6,9-11,19,22,25-26,28H,7-8,12-13,23H2,1H3,(H,24,27);1-4H,(H,6,7);2*1H2. The van der Waals surface area contributed by atoms with Crippen LogP contribution in [0.5, 0.6) is 5.75 Å². The number of benzene rings is 2. The summed E-state index contributed by atoms with van der Waals surface area (Å²) in [5.41, 5.74) is 8.60. The topological polar surface area (TPSA) is 209 Å². The summed E-state index contributed by atoms with van der Waals surface area (Å²) in [4.78, 5) is 18.6. The van der Waals surface area contributed by atoms with Crippen LogP contribution in [0, 0.1) is 4.64 Å². The van der Waals surface area contributed by atoms with E-state index in [1.165, 1.54) is 18.9 Å². The van der Waals surface area contributed by atoms with Gasteiger partial charge in [-0.2, -0.15) is 0 Å². The number of aliphatic hydroxyl groups excluding tert-OH is 2. The van der Waals surface area contributed by atoms with Gasteiger partial charge in [-0.25, -0.2) is 0 Å². The lowest BCUT2D eigenvalue weighted by Crippen LogP contribution is -2.38. The van der Waals surface area contributed by atoms with Gasteiger partial charge in [-0.3, -0.25) is 4.79 Å². The molecule has 2 aromatic heterocycles. The number of aliphatic hydroxyl groups is 2. The molecule has 1 amide bonds. The molecule has 2 unspecified atom stereocenters. The van der Waals surface area contributed by atoms with Gasteiger partial charge in [0.25, 0.3) is 5.91 Å². The Morgan fingerprint density at radius 3 is 2.45 bits per heavy atom. The van der Waals surface area contributed by atoms with Crippen LogP contribution in [0.25, 0.3) is 10.9 Å². The summed E-state index contributed by atoms with van der Waals surface area (Å²) in [6.45, 7) is 0.281. The Kier molecular flexibility index (Phi) is 15.6. The number of hydrogen-bond donors (Lipinski definition) is 6. The summed E-state index contributed by atoms with van der Waals surface area (Å²) in [6.07, 6.45) is 0.793. The number of hydrogen-bond acceptors (Lipinski definition) is 8. The molecule has 4 aromatic rings. The predicted molar refractivity (Wildman–Crippen MR) is 161 cm³/mol. The van der Waals surface area contributed by atoms with E-state index in [4.69, 9.17) is 32.5 Å². The normalized spacial score (nSPS) is 11.7. The number of rotatable bonds is 11. The molecular formula is C27H36N4O7S2. The number of nitrogens with two attached hydrogens (primary N) is 1. The quantitative estimate of drug-likeness (QED) is 0.0862. The molecule has 11 N–H and O–H groups in total. The molecule has 0 aliphatic rings. The molecule has 2 heterocycles. The number of anilines is 1. The Morgan fingerprint density at radius 1 is 1.12 bits per heavy atom. The lowest BCUT2D eigenvalue weighted by molar-refractivity contribution is -0.0726. The average Bonchev–Trinajstić information content (AvgIpc) is 3.38. The number of pyridine rings is 1. The number of methoxy groups -OCH3 is 1. The SMILES string of the molecule is COC(O)C(CNC(=O)c1cc2cc(OCCO)cc(N)c2[nH]1)SCc1ccccc1.O.O.S=c1cccc[nH]1. The van der Waals surface area contributed by atoms with Gasteiger partial charge < -0.3 is 51.7 Å². The Morgan fingerprint density at radius 2 is 1.85 bits per heavy atom. The van der Waals surface area contributed by atoms with E-state index in [0.717, 1.165) is 15.6 Å². The highest BCUT2D eigenvalue weighted by Crippen LogP contribution is 2.28. The zero-order chi connectivity index (χ0) is 27.3. The lowest BCUT2D eigenvalue weighted by Gasteiger charge is -2.21. The largest absolute Gasteiger partial charge is 0.491 e. The van der Waals surface area contributed by atoms with Crippen molar-refractivity contribution in [2.24, 2.45) is 0 Å². The molecule has 0 spiro atoms. The highest BCUT2D eigenvalue weighted by Gasteiger charge is 2.21. The number of H-pyrrole nitrogens is 2. The van der Waals surface area contributed by atoms with Crippen molar-refractivity contribution in [2.75, 3.05) is 32.6 Å². The molecule has 0 radical (unpaired) electrons. The first-order valence-electron chi connectivity index (χ1n) is 11.9. The van der Waals surface area contributed by atoms with E-state index in [0.29, 0.717) is 28.4 Å². The monoisotopic (exact) mass is 592 g/mol. The van der Waals surface area contributed by atoms with E-state index in [2.05, 4.69) is 15.3 Å². The molecule has 0 aliphatic heterocycles. The molecule has 40 heavy (non-hydrogen) atoms. The van der Waals surface area contributed by atoms with E-state index >= 15 is 0 Å². The van der Waals surface area contributed by atoms with Crippen molar-refractivity contribution in [3.05, 3.63) is 88.8 Å². The van der Waals surface area contributed by atoms with Crippen molar-refractivity contribution in [1.82, 2.24) is 15.3 Å². The minimum Gasteiger partial charge on any atom is -0.491 e. The fraction of sp³-hybridized carbons (Fsp3) is 0.259. The first-order chi connectivity index (χ1) is 18.4. The summed E-state index contributed by atoms with van der Waals surface area (Å²) in [5.74, 6) is 0.883. The predicted octanol–water partition coefficient (Wildman–Crippen LogP) is 2.21. The smallest absolute Gasteiger partial charge is 0.267 e. The number of thioether (sulfide) groups is 1. The van der Waals surface area contributed by atoms with Gasteiger partial charge in [-0.15, -0.1) is 11.8 Å². The van der Waals surface area contributed by atoms with Crippen molar-refractivity contribution in [3.8, 4) is 5.75 Å². The third kappa shape index (κ3) is 10.6. The number of aromatic nitrogens is 2. The third-order valence-corrected chi connectivity index (χ3v) is 6.93. The van der Waals surface area contributed by atoms with Crippen molar-refractivity contribution >= 4 is 46.5 Å². The minimum atomic E-state index is -1.02. The number of nitrogens with one attached hydrogen (secondary N) is 3. The van der Waals surface area contributed by atoms with Gasteiger partial charge in [0, 0.05) is 37.1 Å². The van der Waals surface area contributed by atoms with E-state index in [9.17, 15) is 9.90 Å². The molecule has 13 heteroatoms. The number of nitrogen functional groups attached to an aromatic ring is 1. The second-order valence-corrected chi connectivity index (χ2v) is 9.80. The number of aromatic amines is 2. The molecule has 218 valence electrons. The van der Waals surface area contributed by atoms with Crippen LogP contribution in [0.4, 0.5) is 5.69 Å². The minimum absolute atomic E-state index is 0. The van der Waals surface area contributed by atoms with E-state index < -0.39 is 6.29 Å². The summed E-state index contributed by atoms with van der Waals surface area (Å²) < 4.78 is 11.3. The maximum Gasteiger partial charge on any atom is 0.267 e. The van der Waals surface area contributed by atoms with Crippen LogP contribution >= 0.6 is 24.0 Å². The maximum atomic E-state index is 12.7. The number of amides is 1. The summed E-state index contributed by atoms with van der Waals surface area (Å²) in [7, 11) is 1.43. The van der Waals surface area contributed by atoms with Crippen molar-refractivity contribution in [1.29, 1.82) is 0 Å². The molecule has 0 aliphatic carbocycles. The molecule has 2 aromatic carbocycles. The zero-order valence-electron chi connectivity index (χ0n) is 21.9. The van der Waals surface area contributed by atoms with Crippen LogP contribution < -0.4 is 15.8 Å². The highest BCUT2D eigenvalue weighted by molar-refractivity contribution is 7.99. The Balaban J connectivity index is 0.000000776. The van der Waals surface area contributed by atoms with Crippen molar-refractivity contribution < 1.29 is 35.4 Å². The van der Waals surface area contributed by atoms with Gasteiger partial charge in [-0.05, 0) is 29.8 Å². The number of ether oxygens (including phenoxy) is 2. The van der Waals surface area contributed by atoms with Crippen LogP contribution in [-0.4, -0.2) is 75.4 Å². The zero-order valence-corrected chi connectivity index (χ0v) is 23.6. The van der Waals surface area contributed by atoms with Gasteiger partial charge in [0.1, 0.15) is 22.7 Å². The Hall–Kier alpha value is -3.43. The maximum absolute atomic E-state index is 12.7. The first-order valence-corrected chi connectivity index (χ1v) is 13.3. The molecule has 11 nitrogen and oxygen atoms in total. The summed E-state index contributed by atoms with van der Waals surface area (Å²) >= 11 is 6.26. The van der Waals surface area contributed by atoms with Crippen molar-refractivity contribution in [3.63, 3.8) is 0 Å². The van der Waals surface area contributed by atoms with Gasteiger partial charge >= 0.3 is 0 Å². The molecule has 0 saturated heterocycles. The molecule has 0 bridgehead atoms. The number of carbonyl (C=O) groups excluding carboxylic acids is 1. The molecule has 0 fully saturated rings. The summed E-state index contributed by atoms with van der Waals surface area (Å²) in [5, 5.41) is 22.3. The van der Waals surface area contributed by atoms with Gasteiger partial charge in [-0.1, -0.05) is 48.6 Å². The van der Waals surface area contributed by atoms with Crippen LogP contribution in [0.1, 0.15) is 16.1 Å². The second-order valence-electron chi connectivity index (χ2n) is 8.13. The van der Waals surface area contributed by atoms with Crippen LogP contribution in [0.15, 0.2) is 72.9 Å². The van der Waals surface area contributed by atoms with E-state index in [1.54, 1.807) is 18.2 Å². The second kappa shape index (κ2) is 18.0. The lowest BCUT2D eigenvalue weighted by atomic mass is 10.2. The Labute approximate surface area is 241 Å². The van der Waals surface area contributed by atoms with Crippen LogP contribution in [0.2, 0.25) is 0 Å². The third-order valence-electron chi connectivity index (χ3n) is 5.35. The average molecular weight is 593 g/mol. The molecule has 0 saturated carbocycles. The van der Waals surface area contributed by atoms with Crippen molar-refractivity contribution in [2.45, 2.75) is 17.3 Å². The first kappa shape index (κ1) is 34.6. The fourth-order valence-electron chi connectivity index (χ4n) is 3.45. The molecule has 4 rings (SSSR count). The van der Waals surface area contributed by atoms with Gasteiger partial charge in [0.15, 0.2) is 6.29 Å².